The highest BCUT2D eigenvalue weighted by Crippen LogP contribution is 2.29. The normalized spacial score (nSPS) is 11.7. The van der Waals surface area contributed by atoms with Crippen LogP contribution < -0.4 is 18.9 Å². The molecule has 202 valence electrons. The second-order valence-corrected chi connectivity index (χ2v) is 8.05. The van der Waals surface area contributed by atoms with Gasteiger partial charge in [0.2, 0.25) is 5.91 Å². The summed E-state index contributed by atoms with van der Waals surface area (Å²) in [5.74, 6) is -0.652. The van der Waals surface area contributed by atoms with Crippen molar-refractivity contribution < 1.29 is 33.3 Å². The first kappa shape index (κ1) is 29.8. The van der Waals surface area contributed by atoms with Crippen LogP contribution in [0.25, 0.3) is 12.2 Å². The number of benzene rings is 2. The first-order valence-electron chi connectivity index (χ1n) is 12.1. The van der Waals surface area contributed by atoms with Crippen molar-refractivity contribution in [1.82, 2.24) is 4.90 Å². The van der Waals surface area contributed by atoms with Gasteiger partial charge in [-0.1, -0.05) is 24.3 Å². The number of amides is 1. The molecule has 0 saturated heterocycles. The van der Waals surface area contributed by atoms with Crippen molar-refractivity contribution in [3.8, 4) is 23.0 Å². The third-order valence-corrected chi connectivity index (χ3v) is 5.84. The van der Waals surface area contributed by atoms with Crippen molar-refractivity contribution in [2.45, 2.75) is 20.3 Å². The van der Waals surface area contributed by atoms with E-state index in [4.69, 9.17) is 24.4 Å². The number of ether oxygens (including phenoxy) is 4. The molecule has 0 saturated carbocycles. The average molecular weight is 523 g/mol. The van der Waals surface area contributed by atoms with E-state index in [1.54, 1.807) is 53.5 Å². The van der Waals surface area contributed by atoms with Gasteiger partial charge in [-0.2, -0.15) is 0 Å². The molecule has 1 unspecified atom stereocenters. The molecule has 0 aliphatic carbocycles. The second kappa shape index (κ2) is 15.0. The fourth-order valence-corrected chi connectivity index (χ4v) is 3.72. The molecule has 0 bridgehead atoms. The standard InChI is InChI=1S/C29H34N2O7/c1-6-31(7-2)29(34)18-22(23(32)12-8-20-10-14-25(35-3)27(16-20)36-4)24(33)13-9-21-11-15-26(38-19-30)28(17-21)37-5/h8-17,19,22,30H,6-7,18H2,1-5H3/b12-8+,13-9+,30-19?. The molecule has 2 aromatic carbocycles. The smallest absolute Gasteiger partial charge is 0.223 e. The van der Waals surface area contributed by atoms with E-state index < -0.39 is 17.5 Å². The monoisotopic (exact) mass is 522 g/mol. The quantitative estimate of drug-likeness (QED) is 0.159. The maximum atomic E-state index is 13.2. The molecule has 1 amide bonds. The molecule has 2 aromatic rings. The minimum atomic E-state index is -1.18. The molecule has 0 spiro atoms. The van der Waals surface area contributed by atoms with Crippen LogP contribution in [-0.4, -0.2) is 63.2 Å². The lowest BCUT2D eigenvalue weighted by molar-refractivity contribution is -0.137. The summed E-state index contributed by atoms with van der Waals surface area (Å²) in [6, 6.07) is 10.1. The van der Waals surface area contributed by atoms with Gasteiger partial charge >= 0.3 is 0 Å². The van der Waals surface area contributed by atoms with Crippen molar-refractivity contribution in [3.05, 3.63) is 59.7 Å². The van der Waals surface area contributed by atoms with E-state index >= 15 is 0 Å². The van der Waals surface area contributed by atoms with Crippen molar-refractivity contribution in [1.29, 1.82) is 5.41 Å². The maximum absolute atomic E-state index is 13.2. The van der Waals surface area contributed by atoms with Gasteiger partial charge in [0.1, 0.15) is 0 Å². The fourth-order valence-electron chi connectivity index (χ4n) is 3.72. The Bertz CT molecular complexity index is 1200. The number of allylic oxidation sites excluding steroid dienone is 2. The molecule has 0 aromatic heterocycles. The predicted molar refractivity (Wildman–Crippen MR) is 146 cm³/mol. The Kier molecular flexibility index (Phi) is 11.8. The predicted octanol–water partition coefficient (Wildman–Crippen LogP) is 4.44. The maximum Gasteiger partial charge on any atom is 0.223 e. The summed E-state index contributed by atoms with van der Waals surface area (Å²) < 4.78 is 20.9. The fraction of sp³-hybridized carbons (Fsp3) is 0.310. The van der Waals surface area contributed by atoms with Crippen LogP contribution in [0.15, 0.2) is 48.6 Å². The zero-order valence-electron chi connectivity index (χ0n) is 22.4. The number of nitrogens with zero attached hydrogens (tertiary/aromatic N) is 1. The molecule has 1 atom stereocenters. The molecule has 9 nitrogen and oxygen atoms in total. The number of methoxy groups -OCH3 is 3. The third kappa shape index (κ3) is 8.06. The van der Waals surface area contributed by atoms with E-state index in [2.05, 4.69) is 0 Å². The van der Waals surface area contributed by atoms with Crippen LogP contribution in [0.5, 0.6) is 23.0 Å². The molecule has 0 aliphatic rings. The Morgan fingerprint density at radius 1 is 0.789 bits per heavy atom. The lowest BCUT2D eigenvalue weighted by atomic mass is 9.92. The van der Waals surface area contributed by atoms with Gasteiger partial charge in [-0.05, 0) is 61.4 Å². The van der Waals surface area contributed by atoms with Crippen LogP contribution >= 0.6 is 0 Å². The second-order valence-electron chi connectivity index (χ2n) is 8.05. The van der Waals surface area contributed by atoms with E-state index in [0.717, 1.165) is 6.40 Å². The van der Waals surface area contributed by atoms with Crippen LogP contribution in [-0.2, 0) is 14.4 Å². The molecule has 1 N–H and O–H groups in total. The zero-order chi connectivity index (χ0) is 28.1. The van der Waals surface area contributed by atoms with Crippen LogP contribution in [0, 0.1) is 11.3 Å². The van der Waals surface area contributed by atoms with E-state index in [-0.39, 0.29) is 12.3 Å². The molecule has 2 rings (SSSR count). The van der Waals surface area contributed by atoms with Crippen molar-refractivity contribution >= 4 is 36.0 Å². The Labute approximate surface area is 223 Å². The first-order chi connectivity index (χ1) is 18.3. The van der Waals surface area contributed by atoms with Gasteiger partial charge in [0.25, 0.3) is 0 Å². The Hall–Kier alpha value is -4.40. The average Bonchev–Trinajstić information content (AvgIpc) is 2.94. The van der Waals surface area contributed by atoms with Gasteiger partial charge in [-0.15, -0.1) is 0 Å². The lowest BCUT2D eigenvalue weighted by Crippen LogP contribution is -2.35. The number of nitrogens with one attached hydrogen (secondary N) is 1. The van der Waals surface area contributed by atoms with Crippen molar-refractivity contribution in [2.24, 2.45) is 5.92 Å². The third-order valence-electron chi connectivity index (χ3n) is 5.84. The zero-order valence-corrected chi connectivity index (χ0v) is 22.4. The van der Waals surface area contributed by atoms with Gasteiger partial charge < -0.3 is 23.8 Å². The molecule has 38 heavy (non-hydrogen) atoms. The highest BCUT2D eigenvalue weighted by atomic mass is 16.5. The van der Waals surface area contributed by atoms with Crippen molar-refractivity contribution in [2.75, 3.05) is 34.4 Å². The van der Waals surface area contributed by atoms with E-state index in [0.29, 0.717) is 47.2 Å². The lowest BCUT2D eigenvalue weighted by Gasteiger charge is -2.20. The molecular formula is C29H34N2O7. The van der Waals surface area contributed by atoms with Crippen LogP contribution in [0.3, 0.4) is 0 Å². The molecule has 0 fully saturated rings. The van der Waals surface area contributed by atoms with E-state index in [1.807, 2.05) is 13.8 Å². The van der Waals surface area contributed by atoms with E-state index in [1.165, 1.54) is 33.5 Å². The number of hydrogen-bond acceptors (Lipinski definition) is 8. The van der Waals surface area contributed by atoms with Crippen LogP contribution in [0.1, 0.15) is 31.4 Å². The summed E-state index contributed by atoms with van der Waals surface area (Å²) in [5.41, 5.74) is 1.29. The SMILES string of the molecule is CCN(CC)C(=O)CC(C(=O)/C=C/c1ccc(OC)c(OC)c1)C(=O)/C=C/c1ccc(OC=N)c(OC)c1. The summed E-state index contributed by atoms with van der Waals surface area (Å²) in [5, 5.41) is 7.09. The number of hydrogen-bond donors (Lipinski definition) is 1. The number of rotatable bonds is 15. The molecule has 9 heteroatoms. The first-order valence-corrected chi connectivity index (χ1v) is 12.1. The summed E-state index contributed by atoms with van der Waals surface area (Å²) in [7, 11) is 4.51. The summed E-state index contributed by atoms with van der Waals surface area (Å²) >= 11 is 0. The molecule has 0 aliphatic heterocycles. The highest BCUT2D eigenvalue weighted by molar-refractivity contribution is 6.15. The topological polar surface area (TPSA) is 115 Å². The highest BCUT2D eigenvalue weighted by Gasteiger charge is 2.27. The number of ketones is 2. The van der Waals surface area contributed by atoms with Gasteiger partial charge in [0, 0.05) is 19.5 Å². The van der Waals surface area contributed by atoms with Gasteiger partial charge in [0.05, 0.1) is 27.2 Å². The molecular weight excluding hydrogens is 488 g/mol. The molecule has 0 heterocycles. The van der Waals surface area contributed by atoms with Gasteiger partial charge in [-0.3, -0.25) is 19.8 Å². The van der Waals surface area contributed by atoms with Crippen LogP contribution in [0.2, 0.25) is 0 Å². The summed E-state index contributed by atoms with van der Waals surface area (Å²) in [6.45, 7) is 4.64. The summed E-state index contributed by atoms with van der Waals surface area (Å²) in [6.07, 6.45) is 6.25. The Morgan fingerprint density at radius 2 is 1.26 bits per heavy atom. The summed E-state index contributed by atoms with van der Waals surface area (Å²) in [4.78, 5) is 40.7. The Balaban J connectivity index is 2.32. The van der Waals surface area contributed by atoms with E-state index in [9.17, 15) is 14.4 Å². The van der Waals surface area contributed by atoms with Gasteiger partial charge in [0.15, 0.2) is 41.0 Å². The van der Waals surface area contributed by atoms with Gasteiger partial charge in [-0.25, -0.2) is 0 Å². The van der Waals surface area contributed by atoms with Crippen molar-refractivity contribution in [3.63, 3.8) is 0 Å². The number of carbonyl (C=O) groups excluding carboxylic acids is 3. The minimum absolute atomic E-state index is 0.241. The largest absolute Gasteiger partial charge is 0.493 e. The minimum Gasteiger partial charge on any atom is -0.493 e. The molecule has 0 radical (unpaired) electrons. The number of carbonyl (C=O) groups is 3. The Morgan fingerprint density at radius 3 is 1.71 bits per heavy atom. The van der Waals surface area contributed by atoms with Crippen LogP contribution in [0.4, 0.5) is 0 Å².